The first-order valence-electron chi connectivity index (χ1n) is 2.92. The maximum absolute atomic E-state index is 10.7. The van der Waals surface area contributed by atoms with E-state index in [-0.39, 0.29) is 0 Å². The molecule has 1 saturated heterocycles. The third kappa shape index (κ3) is 1.14. The van der Waals surface area contributed by atoms with Gasteiger partial charge in [-0.3, -0.25) is 9.35 Å². The molecule has 2 radical (unpaired) electrons. The van der Waals surface area contributed by atoms with Crippen LogP contribution < -0.4 is 0 Å². The zero-order valence-electron chi connectivity index (χ0n) is 5.76. The monoisotopic (exact) mass is 175 g/mol. The van der Waals surface area contributed by atoms with Gasteiger partial charge in [0.2, 0.25) is 5.91 Å². The van der Waals surface area contributed by atoms with Crippen molar-refractivity contribution in [3.63, 3.8) is 0 Å². The van der Waals surface area contributed by atoms with Gasteiger partial charge >= 0.3 is 10.3 Å². The predicted molar refractivity (Wildman–Crippen MR) is 37.4 cm³/mol. The molecule has 7 heteroatoms. The number of hydrogen-bond donors (Lipinski definition) is 1. The normalized spacial score (nSPS) is 31.8. The van der Waals surface area contributed by atoms with E-state index in [1.165, 1.54) is 6.92 Å². The summed E-state index contributed by atoms with van der Waals surface area (Å²) in [6.07, 6.45) is 0. The first kappa shape index (κ1) is 8.54. The van der Waals surface area contributed by atoms with Crippen molar-refractivity contribution < 1.29 is 17.8 Å². The van der Waals surface area contributed by atoms with Crippen molar-refractivity contribution in [3.8, 4) is 0 Å². The van der Waals surface area contributed by atoms with Crippen LogP contribution in [0.2, 0.25) is 5.82 Å². The fourth-order valence-electron chi connectivity index (χ4n) is 0.942. The Bertz CT molecular complexity index is 286. The number of nitrogens with zero attached hydrogens (tertiary/aromatic N) is 1. The number of hydrogen-bond acceptors (Lipinski definition) is 3. The van der Waals surface area contributed by atoms with Crippen molar-refractivity contribution in [2.45, 2.75) is 18.8 Å². The van der Waals surface area contributed by atoms with Gasteiger partial charge in [-0.05, 0) is 6.92 Å². The minimum Gasteiger partial charge on any atom is -0.274 e. The summed E-state index contributed by atoms with van der Waals surface area (Å²) in [5, 5.41) is 0. The van der Waals surface area contributed by atoms with Gasteiger partial charge in [0.1, 0.15) is 0 Å². The average Bonchev–Trinajstić information content (AvgIpc) is 1.85. The lowest BCUT2D eigenvalue weighted by Crippen LogP contribution is -2.58. The molecule has 11 heavy (non-hydrogen) atoms. The van der Waals surface area contributed by atoms with Gasteiger partial charge < -0.3 is 0 Å². The van der Waals surface area contributed by atoms with Crippen LogP contribution in [-0.2, 0) is 15.1 Å². The summed E-state index contributed by atoms with van der Waals surface area (Å²) >= 11 is 0. The van der Waals surface area contributed by atoms with E-state index in [1.54, 1.807) is 0 Å². The molecule has 0 aromatic heterocycles. The van der Waals surface area contributed by atoms with E-state index < -0.39 is 28.1 Å². The number of carbonyl (C=O) groups is 1. The molecule has 1 aliphatic heterocycles. The predicted octanol–water partition coefficient (Wildman–Crippen LogP) is -1.02. The standard InChI is InChI=1S/C4H6BNO4S/c1-2-3(5)4(7)6(2)11(8,9)10/h2-3H,1H3,(H,8,9,10)/t2-,3+/m0/s1. The highest BCUT2D eigenvalue weighted by Crippen LogP contribution is 2.30. The Kier molecular flexibility index (Phi) is 1.72. The van der Waals surface area contributed by atoms with Gasteiger partial charge in [-0.25, -0.2) is 4.31 Å². The van der Waals surface area contributed by atoms with E-state index in [4.69, 9.17) is 12.4 Å². The first-order chi connectivity index (χ1) is 4.85. The molecule has 1 amide bonds. The Hall–Kier alpha value is -0.555. The van der Waals surface area contributed by atoms with E-state index in [0.29, 0.717) is 4.31 Å². The molecule has 60 valence electrons. The van der Waals surface area contributed by atoms with Crippen molar-refractivity contribution >= 4 is 24.1 Å². The number of rotatable bonds is 1. The molecule has 0 aliphatic carbocycles. The molecule has 0 aromatic carbocycles. The van der Waals surface area contributed by atoms with E-state index in [1.807, 2.05) is 0 Å². The molecule has 0 unspecified atom stereocenters. The SMILES string of the molecule is [B][C@H]1C(=O)N(S(=O)(=O)O)[C@H]1C. The fraction of sp³-hybridized carbons (Fsp3) is 0.750. The first-order valence-corrected chi connectivity index (χ1v) is 4.31. The Morgan fingerprint density at radius 3 is 2.27 bits per heavy atom. The second-order valence-corrected chi connectivity index (χ2v) is 3.67. The van der Waals surface area contributed by atoms with Gasteiger partial charge in [-0.1, -0.05) is 0 Å². The second-order valence-electron chi connectivity index (χ2n) is 2.38. The van der Waals surface area contributed by atoms with Crippen molar-refractivity contribution in [2.24, 2.45) is 0 Å². The molecule has 1 rings (SSSR count). The van der Waals surface area contributed by atoms with Crippen LogP contribution in [0.4, 0.5) is 0 Å². The van der Waals surface area contributed by atoms with Gasteiger partial charge in [0.25, 0.3) is 0 Å². The third-order valence-corrected chi connectivity index (χ3v) is 2.65. The van der Waals surface area contributed by atoms with Gasteiger partial charge in [0.05, 0.1) is 13.9 Å². The molecule has 1 aliphatic rings. The molecule has 1 N–H and O–H groups in total. The van der Waals surface area contributed by atoms with Crippen LogP contribution in [0.15, 0.2) is 0 Å². The molecular weight excluding hydrogens is 169 g/mol. The minimum atomic E-state index is -4.39. The smallest absolute Gasteiger partial charge is 0.274 e. The topological polar surface area (TPSA) is 74.7 Å². The van der Waals surface area contributed by atoms with Crippen LogP contribution in [0.5, 0.6) is 0 Å². The number of β-lactam (4-membered cyclic amide) rings is 1. The van der Waals surface area contributed by atoms with Crippen LogP contribution >= 0.6 is 0 Å². The van der Waals surface area contributed by atoms with E-state index in [0.717, 1.165) is 0 Å². The summed E-state index contributed by atoms with van der Waals surface area (Å²) in [6, 6.07) is -0.641. The zero-order valence-corrected chi connectivity index (χ0v) is 6.58. The highest BCUT2D eigenvalue weighted by molar-refractivity contribution is 7.84. The summed E-state index contributed by atoms with van der Waals surface area (Å²) in [7, 11) is 0.792. The number of carbonyl (C=O) groups excluding carboxylic acids is 1. The largest absolute Gasteiger partial charge is 0.362 e. The molecule has 0 saturated carbocycles. The molecule has 2 atom stereocenters. The maximum atomic E-state index is 10.7. The average molecular weight is 175 g/mol. The van der Waals surface area contributed by atoms with Crippen LogP contribution in [0.3, 0.4) is 0 Å². The van der Waals surface area contributed by atoms with Crippen LogP contribution in [-0.4, -0.2) is 37.1 Å². The zero-order chi connectivity index (χ0) is 8.81. The molecular formula is C4H6BNO4S. The maximum Gasteiger partial charge on any atom is 0.362 e. The van der Waals surface area contributed by atoms with E-state index >= 15 is 0 Å². The van der Waals surface area contributed by atoms with Crippen molar-refractivity contribution in [2.75, 3.05) is 0 Å². The van der Waals surface area contributed by atoms with Crippen molar-refractivity contribution in [1.82, 2.24) is 4.31 Å². The summed E-state index contributed by atoms with van der Waals surface area (Å²) in [5.41, 5.74) is 0. The van der Waals surface area contributed by atoms with Crippen molar-refractivity contribution in [1.29, 1.82) is 0 Å². The van der Waals surface area contributed by atoms with Gasteiger partial charge in [-0.15, -0.1) is 0 Å². The Labute approximate surface area is 65.7 Å². The Morgan fingerprint density at radius 1 is 1.64 bits per heavy atom. The highest BCUT2D eigenvalue weighted by atomic mass is 32.2. The molecule has 1 heterocycles. The van der Waals surface area contributed by atoms with Crippen LogP contribution in [0.25, 0.3) is 0 Å². The van der Waals surface area contributed by atoms with Crippen LogP contribution in [0, 0.1) is 0 Å². The summed E-state index contributed by atoms with van der Waals surface area (Å²) in [6.45, 7) is 1.44. The minimum absolute atomic E-state index is 0.359. The molecule has 1 fully saturated rings. The highest BCUT2D eigenvalue weighted by Gasteiger charge is 2.46. The van der Waals surface area contributed by atoms with Crippen molar-refractivity contribution in [3.05, 3.63) is 0 Å². The molecule has 0 bridgehead atoms. The van der Waals surface area contributed by atoms with Gasteiger partial charge in [-0.2, -0.15) is 8.42 Å². The number of amides is 1. The molecule has 5 nitrogen and oxygen atoms in total. The third-order valence-electron chi connectivity index (χ3n) is 1.64. The Balaban J connectivity index is 2.88. The van der Waals surface area contributed by atoms with Gasteiger partial charge in [0, 0.05) is 5.82 Å². The van der Waals surface area contributed by atoms with E-state index in [9.17, 15) is 13.2 Å². The lowest BCUT2D eigenvalue weighted by Gasteiger charge is -2.40. The summed E-state index contributed by atoms with van der Waals surface area (Å²) in [4.78, 5) is 10.7. The quantitative estimate of drug-likeness (QED) is 0.314. The lowest BCUT2D eigenvalue weighted by atomic mass is 9.75. The van der Waals surface area contributed by atoms with Crippen LogP contribution in [0.1, 0.15) is 6.92 Å². The summed E-state index contributed by atoms with van der Waals surface area (Å²) in [5.74, 6) is -1.57. The van der Waals surface area contributed by atoms with E-state index in [2.05, 4.69) is 0 Å². The summed E-state index contributed by atoms with van der Waals surface area (Å²) < 4.78 is 29.5. The molecule has 0 spiro atoms. The van der Waals surface area contributed by atoms with Gasteiger partial charge in [0.15, 0.2) is 0 Å². The molecule has 0 aromatic rings. The lowest BCUT2D eigenvalue weighted by molar-refractivity contribution is -0.137. The second kappa shape index (κ2) is 2.21. The Morgan fingerprint density at radius 2 is 2.09 bits per heavy atom. The fourth-order valence-corrected chi connectivity index (χ4v) is 1.84.